The summed E-state index contributed by atoms with van der Waals surface area (Å²) in [7, 11) is 1.54. The molecule has 0 bridgehead atoms. The van der Waals surface area contributed by atoms with Crippen LogP contribution in [0.5, 0.6) is 11.5 Å². The lowest BCUT2D eigenvalue weighted by Gasteiger charge is -2.18. The molecule has 0 aromatic heterocycles. The van der Waals surface area contributed by atoms with Crippen molar-refractivity contribution in [3.05, 3.63) is 54.1 Å². The van der Waals surface area contributed by atoms with Crippen molar-refractivity contribution in [3.63, 3.8) is 0 Å². The maximum Gasteiger partial charge on any atom is 0.265 e. The van der Waals surface area contributed by atoms with Crippen LogP contribution in [0, 0.1) is 5.92 Å². The standard InChI is InChI=1S/C21H26N2O4/c1-14(2)13-22-21(25)16-9-5-6-10-17(16)23-20(24)15(3)27-19-12-8-7-11-18(19)26-4/h5-12,14-15H,13H2,1-4H3,(H,22,25)(H,23,24)/t15-/m1/s1. The molecule has 0 saturated carbocycles. The lowest BCUT2D eigenvalue weighted by Crippen LogP contribution is -2.32. The Morgan fingerprint density at radius 1 is 0.963 bits per heavy atom. The van der Waals surface area contributed by atoms with E-state index < -0.39 is 6.10 Å². The molecule has 1 atom stereocenters. The molecule has 0 aliphatic carbocycles. The number of hydrogen-bond acceptors (Lipinski definition) is 4. The molecular weight excluding hydrogens is 344 g/mol. The molecule has 27 heavy (non-hydrogen) atoms. The van der Waals surface area contributed by atoms with E-state index in [4.69, 9.17) is 9.47 Å². The highest BCUT2D eigenvalue weighted by Crippen LogP contribution is 2.27. The van der Waals surface area contributed by atoms with Gasteiger partial charge in [0.25, 0.3) is 11.8 Å². The summed E-state index contributed by atoms with van der Waals surface area (Å²) in [4.78, 5) is 24.9. The summed E-state index contributed by atoms with van der Waals surface area (Å²) < 4.78 is 10.9. The topological polar surface area (TPSA) is 76.7 Å². The fourth-order valence-electron chi connectivity index (χ4n) is 2.38. The molecule has 0 aliphatic heterocycles. The van der Waals surface area contributed by atoms with Gasteiger partial charge in [-0.05, 0) is 37.1 Å². The molecule has 0 radical (unpaired) electrons. The molecule has 0 saturated heterocycles. The summed E-state index contributed by atoms with van der Waals surface area (Å²) in [6, 6.07) is 14.0. The van der Waals surface area contributed by atoms with Crippen LogP contribution in [-0.4, -0.2) is 31.6 Å². The summed E-state index contributed by atoms with van der Waals surface area (Å²) in [5.41, 5.74) is 0.857. The number of rotatable bonds is 8. The first kappa shape index (κ1) is 20.3. The predicted molar refractivity (Wildman–Crippen MR) is 105 cm³/mol. The van der Waals surface area contributed by atoms with Crippen molar-refractivity contribution in [1.82, 2.24) is 5.32 Å². The summed E-state index contributed by atoms with van der Waals surface area (Å²) in [6.07, 6.45) is -0.770. The number of carbonyl (C=O) groups excluding carboxylic acids is 2. The average Bonchev–Trinajstić information content (AvgIpc) is 2.66. The number of amides is 2. The third-order valence-electron chi connectivity index (χ3n) is 3.84. The molecule has 0 heterocycles. The van der Waals surface area contributed by atoms with E-state index in [2.05, 4.69) is 10.6 Å². The number of benzene rings is 2. The van der Waals surface area contributed by atoms with Crippen LogP contribution >= 0.6 is 0 Å². The van der Waals surface area contributed by atoms with Gasteiger partial charge in [-0.25, -0.2) is 0 Å². The fourth-order valence-corrected chi connectivity index (χ4v) is 2.38. The van der Waals surface area contributed by atoms with E-state index in [1.165, 1.54) is 0 Å². The van der Waals surface area contributed by atoms with E-state index in [-0.39, 0.29) is 11.8 Å². The monoisotopic (exact) mass is 370 g/mol. The van der Waals surface area contributed by atoms with E-state index in [0.717, 1.165) is 0 Å². The minimum atomic E-state index is -0.770. The highest BCUT2D eigenvalue weighted by molar-refractivity contribution is 6.04. The van der Waals surface area contributed by atoms with Crippen molar-refractivity contribution < 1.29 is 19.1 Å². The molecule has 0 unspecified atom stereocenters. The van der Waals surface area contributed by atoms with Crippen LogP contribution in [-0.2, 0) is 4.79 Å². The van der Waals surface area contributed by atoms with Gasteiger partial charge in [0.05, 0.1) is 18.4 Å². The minimum Gasteiger partial charge on any atom is -0.493 e. The van der Waals surface area contributed by atoms with Crippen LogP contribution in [0.3, 0.4) is 0 Å². The largest absolute Gasteiger partial charge is 0.493 e. The van der Waals surface area contributed by atoms with E-state index in [9.17, 15) is 9.59 Å². The average molecular weight is 370 g/mol. The van der Waals surface area contributed by atoms with Gasteiger partial charge < -0.3 is 20.1 Å². The van der Waals surface area contributed by atoms with Crippen molar-refractivity contribution in [2.24, 2.45) is 5.92 Å². The Morgan fingerprint density at radius 2 is 1.59 bits per heavy atom. The fraction of sp³-hybridized carbons (Fsp3) is 0.333. The quantitative estimate of drug-likeness (QED) is 0.746. The summed E-state index contributed by atoms with van der Waals surface area (Å²) in [5, 5.41) is 5.63. The summed E-state index contributed by atoms with van der Waals surface area (Å²) in [6.45, 7) is 6.24. The molecule has 0 spiro atoms. The van der Waals surface area contributed by atoms with Gasteiger partial charge >= 0.3 is 0 Å². The molecule has 2 aromatic carbocycles. The number of hydrogen-bond donors (Lipinski definition) is 2. The van der Waals surface area contributed by atoms with Gasteiger partial charge in [0, 0.05) is 6.54 Å². The van der Waals surface area contributed by atoms with Crippen molar-refractivity contribution in [1.29, 1.82) is 0 Å². The second-order valence-corrected chi connectivity index (χ2v) is 6.55. The van der Waals surface area contributed by atoms with Gasteiger partial charge in [0.15, 0.2) is 17.6 Å². The van der Waals surface area contributed by atoms with Gasteiger partial charge in [-0.15, -0.1) is 0 Å². The third kappa shape index (κ3) is 5.74. The molecule has 6 nitrogen and oxygen atoms in total. The van der Waals surface area contributed by atoms with Crippen LogP contribution in [0.15, 0.2) is 48.5 Å². The molecule has 2 aromatic rings. The Morgan fingerprint density at radius 3 is 2.26 bits per heavy atom. The molecule has 144 valence electrons. The molecule has 6 heteroatoms. The van der Waals surface area contributed by atoms with E-state index in [0.29, 0.717) is 35.2 Å². The number of para-hydroxylation sites is 3. The highest BCUT2D eigenvalue weighted by atomic mass is 16.5. The van der Waals surface area contributed by atoms with Gasteiger partial charge in [0.1, 0.15) is 0 Å². The lowest BCUT2D eigenvalue weighted by molar-refractivity contribution is -0.122. The number of methoxy groups -OCH3 is 1. The molecule has 0 fully saturated rings. The Kier molecular flexibility index (Phi) is 7.23. The van der Waals surface area contributed by atoms with Gasteiger partial charge in [-0.2, -0.15) is 0 Å². The smallest absolute Gasteiger partial charge is 0.265 e. The van der Waals surface area contributed by atoms with E-state index >= 15 is 0 Å². The van der Waals surface area contributed by atoms with Crippen LogP contribution in [0.1, 0.15) is 31.1 Å². The number of nitrogens with one attached hydrogen (secondary N) is 2. The third-order valence-corrected chi connectivity index (χ3v) is 3.84. The second kappa shape index (κ2) is 9.62. The Hall–Kier alpha value is -3.02. The predicted octanol–water partition coefficient (Wildman–Crippen LogP) is 3.49. The van der Waals surface area contributed by atoms with Crippen LogP contribution in [0.25, 0.3) is 0 Å². The van der Waals surface area contributed by atoms with Crippen LogP contribution in [0.4, 0.5) is 5.69 Å². The van der Waals surface area contributed by atoms with Gasteiger partial charge in [-0.1, -0.05) is 38.1 Å². The van der Waals surface area contributed by atoms with Crippen LogP contribution < -0.4 is 20.1 Å². The van der Waals surface area contributed by atoms with Gasteiger partial charge in [-0.3, -0.25) is 9.59 Å². The Bertz CT molecular complexity index is 789. The van der Waals surface area contributed by atoms with Crippen molar-refractivity contribution >= 4 is 17.5 Å². The molecule has 2 amide bonds. The van der Waals surface area contributed by atoms with Crippen molar-refractivity contribution in [3.8, 4) is 11.5 Å². The van der Waals surface area contributed by atoms with Gasteiger partial charge in [0.2, 0.25) is 0 Å². The zero-order valence-electron chi connectivity index (χ0n) is 16.1. The number of ether oxygens (including phenoxy) is 2. The van der Waals surface area contributed by atoms with Crippen LogP contribution in [0.2, 0.25) is 0 Å². The SMILES string of the molecule is COc1ccccc1O[C@H](C)C(=O)Nc1ccccc1C(=O)NCC(C)C. The second-order valence-electron chi connectivity index (χ2n) is 6.55. The Balaban J connectivity index is 2.08. The normalized spacial score (nSPS) is 11.6. The molecule has 0 aliphatic rings. The summed E-state index contributed by atoms with van der Waals surface area (Å²) in [5.74, 6) is 0.782. The molecule has 2 rings (SSSR count). The zero-order valence-corrected chi connectivity index (χ0v) is 16.1. The highest BCUT2D eigenvalue weighted by Gasteiger charge is 2.19. The van der Waals surface area contributed by atoms with Crippen molar-refractivity contribution in [2.45, 2.75) is 26.9 Å². The maximum absolute atomic E-state index is 12.5. The zero-order chi connectivity index (χ0) is 19.8. The first-order valence-corrected chi connectivity index (χ1v) is 8.90. The maximum atomic E-state index is 12.5. The summed E-state index contributed by atoms with van der Waals surface area (Å²) >= 11 is 0. The molecule has 2 N–H and O–H groups in total. The first-order chi connectivity index (χ1) is 12.9. The number of carbonyl (C=O) groups is 2. The minimum absolute atomic E-state index is 0.224. The van der Waals surface area contributed by atoms with E-state index in [1.807, 2.05) is 19.9 Å². The lowest BCUT2D eigenvalue weighted by atomic mass is 10.1. The Labute approximate surface area is 159 Å². The van der Waals surface area contributed by atoms with Crippen molar-refractivity contribution in [2.75, 3.05) is 19.0 Å². The number of anilines is 1. The molecular formula is C21H26N2O4. The van der Waals surface area contributed by atoms with E-state index in [1.54, 1.807) is 56.5 Å². The first-order valence-electron chi connectivity index (χ1n) is 8.90.